The van der Waals surface area contributed by atoms with Crippen LogP contribution in [0.25, 0.3) is 0 Å². The molecular formula is C21H17ClN2O2. The van der Waals surface area contributed by atoms with E-state index in [1.54, 1.807) is 30.5 Å². The van der Waals surface area contributed by atoms with E-state index in [0.29, 0.717) is 17.2 Å². The van der Waals surface area contributed by atoms with Crippen molar-refractivity contribution in [1.29, 1.82) is 0 Å². The number of benzene rings is 3. The Morgan fingerprint density at radius 1 is 1.00 bits per heavy atom. The summed E-state index contributed by atoms with van der Waals surface area (Å²) in [7, 11) is 0. The summed E-state index contributed by atoms with van der Waals surface area (Å²) in [4.78, 5) is 12.0. The average Bonchev–Trinajstić information content (AvgIpc) is 2.67. The van der Waals surface area contributed by atoms with Gasteiger partial charge in [0.1, 0.15) is 12.4 Å². The van der Waals surface area contributed by atoms with Crippen molar-refractivity contribution in [2.45, 2.75) is 6.61 Å². The molecule has 0 aliphatic carbocycles. The zero-order chi connectivity index (χ0) is 18.2. The lowest BCUT2D eigenvalue weighted by atomic mass is 10.2. The second-order valence-electron chi connectivity index (χ2n) is 5.56. The maximum Gasteiger partial charge on any atom is 0.271 e. The van der Waals surface area contributed by atoms with Crippen molar-refractivity contribution in [2.24, 2.45) is 5.10 Å². The van der Waals surface area contributed by atoms with Crippen LogP contribution in [0.2, 0.25) is 5.02 Å². The molecule has 0 fully saturated rings. The summed E-state index contributed by atoms with van der Waals surface area (Å²) in [5.74, 6) is 0.416. The third kappa shape index (κ3) is 5.19. The Hall–Kier alpha value is -3.11. The van der Waals surface area contributed by atoms with Crippen molar-refractivity contribution in [2.75, 3.05) is 0 Å². The number of hydrogen-bond donors (Lipinski definition) is 1. The number of nitrogens with one attached hydrogen (secondary N) is 1. The second-order valence-corrected chi connectivity index (χ2v) is 5.99. The van der Waals surface area contributed by atoms with Gasteiger partial charge in [-0.15, -0.1) is 0 Å². The van der Waals surface area contributed by atoms with E-state index in [2.05, 4.69) is 10.5 Å². The van der Waals surface area contributed by atoms with E-state index < -0.39 is 0 Å². The third-order valence-electron chi connectivity index (χ3n) is 3.57. The third-order valence-corrected chi connectivity index (χ3v) is 3.81. The molecular weight excluding hydrogens is 348 g/mol. The van der Waals surface area contributed by atoms with E-state index in [1.165, 1.54) is 0 Å². The van der Waals surface area contributed by atoms with E-state index in [4.69, 9.17) is 16.3 Å². The summed E-state index contributed by atoms with van der Waals surface area (Å²) in [5.41, 5.74) is 4.86. The fraction of sp³-hybridized carbons (Fsp3) is 0.0476. The molecule has 3 aromatic rings. The Labute approximate surface area is 157 Å². The van der Waals surface area contributed by atoms with Gasteiger partial charge in [-0.3, -0.25) is 4.79 Å². The minimum atomic E-state index is -0.319. The van der Waals surface area contributed by atoms with Crippen LogP contribution in [-0.2, 0) is 6.61 Å². The molecule has 0 radical (unpaired) electrons. The van der Waals surface area contributed by atoms with Gasteiger partial charge >= 0.3 is 0 Å². The largest absolute Gasteiger partial charge is 0.489 e. The number of carbonyl (C=O) groups is 1. The van der Waals surface area contributed by atoms with E-state index in [0.717, 1.165) is 16.9 Å². The Kier molecular flexibility index (Phi) is 6.01. The van der Waals surface area contributed by atoms with Crippen LogP contribution in [0.5, 0.6) is 5.75 Å². The summed E-state index contributed by atoms with van der Waals surface area (Å²) in [6.07, 6.45) is 1.57. The van der Waals surface area contributed by atoms with E-state index >= 15 is 0 Å². The standard InChI is InChI=1S/C21H17ClN2O2/c22-19-10-5-9-18(13-19)21(25)24-23-14-17-8-4-11-20(12-17)26-15-16-6-2-1-3-7-16/h1-14H,15H2,(H,24,25)/b23-14-. The van der Waals surface area contributed by atoms with Crippen LogP contribution in [0.3, 0.4) is 0 Å². The van der Waals surface area contributed by atoms with Crippen LogP contribution in [-0.4, -0.2) is 12.1 Å². The predicted octanol–water partition coefficient (Wildman–Crippen LogP) is 4.68. The Bertz CT molecular complexity index is 911. The first kappa shape index (κ1) is 17.7. The minimum Gasteiger partial charge on any atom is -0.489 e. The van der Waals surface area contributed by atoms with Crippen molar-refractivity contribution in [3.05, 3.63) is 101 Å². The molecule has 0 heterocycles. The molecule has 1 N–H and O–H groups in total. The molecule has 3 aromatic carbocycles. The zero-order valence-electron chi connectivity index (χ0n) is 13.9. The van der Waals surface area contributed by atoms with E-state index in [1.807, 2.05) is 54.6 Å². The lowest BCUT2D eigenvalue weighted by molar-refractivity contribution is 0.0955. The van der Waals surface area contributed by atoms with Gasteiger partial charge in [0.15, 0.2) is 0 Å². The average molecular weight is 365 g/mol. The Morgan fingerprint density at radius 2 is 1.81 bits per heavy atom. The molecule has 1 amide bonds. The topological polar surface area (TPSA) is 50.7 Å². The number of hydrogen-bond acceptors (Lipinski definition) is 3. The van der Waals surface area contributed by atoms with Gasteiger partial charge in [0, 0.05) is 10.6 Å². The second kappa shape index (κ2) is 8.83. The molecule has 5 heteroatoms. The number of ether oxygens (including phenoxy) is 1. The van der Waals surface area contributed by atoms with Crippen molar-refractivity contribution >= 4 is 23.7 Å². The lowest BCUT2D eigenvalue weighted by Crippen LogP contribution is -2.17. The van der Waals surface area contributed by atoms with Gasteiger partial charge in [-0.2, -0.15) is 5.10 Å². The molecule has 0 saturated carbocycles. The maximum atomic E-state index is 12.0. The van der Waals surface area contributed by atoms with Crippen LogP contribution < -0.4 is 10.2 Å². The number of carbonyl (C=O) groups excluding carboxylic acids is 1. The van der Waals surface area contributed by atoms with E-state index in [-0.39, 0.29) is 5.91 Å². The summed E-state index contributed by atoms with van der Waals surface area (Å²) in [6.45, 7) is 0.493. The lowest BCUT2D eigenvalue weighted by Gasteiger charge is -2.06. The summed E-state index contributed by atoms with van der Waals surface area (Å²) in [6, 6.07) is 24.1. The van der Waals surface area contributed by atoms with Crippen molar-refractivity contribution in [3.8, 4) is 5.75 Å². The van der Waals surface area contributed by atoms with Crippen LogP contribution in [0.4, 0.5) is 0 Å². The van der Waals surface area contributed by atoms with Gasteiger partial charge in [-0.1, -0.05) is 60.1 Å². The highest BCUT2D eigenvalue weighted by Crippen LogP contribution is 2.14. The minimum absolute atomic E-state index is 0.319. The van der Waals surface area contributed by atoms with Gasteiger partial charge < -0.3 is 4.74 Å². The fourth-order valence-corrected chi connectivity index (χ4v) is 2.48. The molecule has 0 aliphatic heterocycles. The normalized spacial score (nSPS) is 10.7. The van der Waals surface area contributed by atoms with Gasteiger partial charge in [0.05, 0.1) is 6.21 Å². The SMILES string of the molecule is O=C(N/N=C\c1cccc(OCc2ccccc2)c1)c1cccc(Cl)c1. The highest BCUT2D eigenvalue weighted by Gasteiger charge is 2.04. The molecule has 130 valence electrons. The van der Waals surface area contributed by atoms with Crippen molar-refractivity contribution in [1.82, 2.24) is 5.43 Å². The molecule has 0 aliphatic rings. The zero-order valence-corrected chi connectivity index (χ0v) is 14.7. The quantitative estimate of drug-likeness (QED) is 0.510. The molecule has 0 bridgehead atoms. The molecule has 0 spiro atoms. The van der Waals surface area contributed by atoms with Crippen LogP contribution in [0.15, 0.2) is 84.0 Å². The van der Waals surface area contributed by atoms with Crippen LogP contribution in [0.1, 0.15) is 21.5 Å². The highest BCUT2D eigenvalue weighted by molar-refractivity contribution is 6.30. The fourth-order valence-electron chi connectivity index (χ4n) is 2.29. The summed E-state index contributed by atoms with van der Waals surface area (Å²) >= 11 is 5.88. The first-order valence-corrected chi connectivity index (χ1v) is 8.44. The Morgan fingerprint density at radius 3 is 2.62 bits per heavy atom. The monoisotopic (exact) mass is 364 g/mol. The number of nitrogens with zero attached hydrogens (tertiary/aromatic N) is 1. The molecule has 3 rings (SSSR count). The van der Waals surface area contributed by atoms with Crippen LogP contribution in [0, 0.1) is 0 Å². The molecule has 0 aromatic heterocycles. The van der Waals surface area contributed by atoms with Gasteiger partial charge in [-0.25, -0.2) is 5.43 Å². The molecule has 4 nitrogen and oxygen atoms in total. The van der Waals surface area contributed by atoms with Crippen LogP contribution >= 0.6 is 11.6 Å². The first-order chi connectivity index (χ1) is 12.7. The maximum absolute atomic E-state index is 12.0. The predicted molar refractivity (Wildman–Crippen MR) is 104 cm³/mol. The van der Waals surface area contributed by atoms with Gasteiger partial charge in [-0.05, 0) is 41.5 Å². The molecule has 0 atom stereocenters. The molecule has 26 heavy (non-hydrogen) atoms. The number of hydrazone groups is 1. The Balaban J connectivity index is 1.57. The first-order valence-electron chi connectivity index (χ1n) is 8.06. The number of halogens is 1. The smallest absolute Gasteiger partial charge is 0.271 e. The number of rotatable bonds is 6. The van der Waals surface area contributed by atoms with Gasteiger partial charge in [0.2, 0.25) is 0 Å². The summed E-state index contributed by atoms with van der Waals surface area (Å²) < 4.78 is 5.78. The van der Waals surface area contributed by atoms with Crippen molar-refractivity contribution < 1.29 is 9.53 Å². The van der Waals surface area contributed by atoms with Crippen molar-refractivity contribution in [3.63, 3.8) is 0 Å². The molecule has 0 unspecified atom stereocenters. The molecule has 0 saturated heterocycles. The highest BCUT2D eigenvalue weighted by atomic mass is 35.5. The number of amides is 1. The van der Waals surface area contributed by atoms with Gasteiger partial charge in [0.25, 0.3) is 5.91 Å². The summed E-state index contributed by atoms with van der Waals surface area (Å²) in [5, 5.41) is 4.49. The van der Waals surface area contributed by atoms with E-state index in [9.17, 15) is 4.79 Å².